The van der Waals surface area contributed by atoms with E-state index < -0.39 is 11.9 Å². The molecule has 1 unspecified atom stereocenters. The van der Waals surface area contributed by atoms with Gasteiger partial charge in [-0.05, 0) is 25.2 Å². The Morgan fingerprint density at radius 1 is 1.16 bits per heavy atom. The molecule has 0 heterocycles. The van der Waals surface area contributed by atoms with E-state index in [1.165, 1.54) is 6.92 Å². The molecule has 0 aromatic rings. The molecule has 1 atom stereocenters. The van der Waals surface area contributed by atoms with Crippen molar-refractivity contribution in [3.05, 3.63) is 0 Å². The third kappa shape index (κ3) is 10.1. The van der Waals surface area contributed by atoms with Crippen molar-refractivity contribution in [2.24, 2.45) is 11.7 Å². The van der Waals surface area contributed by atoms with Crippen molar-refractivity contribution in [1.29, 1.82) is 0 Å². The van der Waals surface area contributed by atoms with Gasteiger partial charge in [0.15, 0.2) is 0 Å². The van der Waals surface area contributed by atoms with Crippen LogP contribution in [-0.2, 0) is 14.4 Å². The summed E-state index contributed by atoms with van der Waals surface area (Å²) in [4.78, 5) is 33.5. The van der Waals surface area contributed by atoms with Crippen molar-refractivity contribution in [2.75, 3.05) is 6.54 Å². The molecule has 0 saturated carbocycles. The molecule has 110 valence electrons. The summed E-state index contributed by atoms with van der Waals surface area (Å²) in [5, 5.41) is 5.32. The highest BCUT2D eigenvalue weighted by molar-refractivity contribution is 5.86. The number of carbonyl (C=O) groups excluding carboxylic acids is 3. The fourth-order valence-electron chi connectivity index (χ4n) is 1.65. The van der Waals surface area contributed by atoms with Crippen LogP contribution < -0.4 is 16.4 Å². The first kappa shape index (κ1) is 17.4. The van der Waals surface area contributed by atoms with Crippen LogP contribution in [0.15, 0.2) is 0 Å². The molecule has 0 spiro atoms. The van der Waals surface area contributed by atoms with Gasteiger partial charge in [-0.1, -0.05) is 13.8 Å². The minimum atomic E-state index is -0.622. The molecule has 0 aliphatic rings. The van der Waals surface area contributed by atoms with E-state index in [2.05, 4.69) is 10.6 Å². The van der Waals surface area contributed by atoms with Crippen molar-refractivity contribution < 1.29 is 14.4 Å². The molecule has 0 saturated heterocycles. The molecule has 3 amide bonds. The maximum Gasteiger partial charge on any atom is 0.239 e. The molecule has 6 nitrogen and oxygen atoms in total. The Kier molecular flexibility index (Phi) is 8.57. The Morgan fingerprint density at radius 2 is 1.79 bits per heavy atom. The number of nitrogens with one attached hydrogen (secondary N) is 2. The average molecular weight is 271 g/mol. The minimum absolute atomic E-state index is 0.0725. The van der Waals surface area contributed by atoms with Gasteiger partial charge >= 0.3 is 0 Å². The van der Waals surface area contributed by atoms with Gasteiger partial charge in [0.1, 0.15) is 6.04 Å². The predicted octanol–water partition coefficient (Wildman–Crippen LogP) is 0.309. The molecule has 0 aliphatic carbocycles. The second kappa shape index (κ2) is 9.35. The zero-order chi connectivity index (χ0) is 14.8. The zero-order valence-electron chi connectivity index (χ0n) is 12.0. The van der Waals surface area contributed by atoms with Crippen LogP contribution >= 0.6 is 0 Å². The lowest BCUT2D eigenvalue weighted by atomic mass is 10.1. The lowest BCUT2D eigenvalue weighted by Gasteiger charge is -2.16. The third-order valence-corrected chi connectivity index (χ3v) is 2.57. The molecule has 0 aromatic carbocycles. The summed E-state index contributed by atoms with van der Waals surface area (Å²) in [6.07, 6.45) is 2.35. The highest BCUT2D eigenvalue weighted by Crippen LogP contribution is 2.03. The van der Waals surface area contributed by atoms with Gasteiger partial charge in [-0.15, -0.1) is 0 Å². The minimum Gasteiger partial charge on any atom is -0.368 e. The smallest absolute Gasteiger partial charge is 0.239 e. The summed E-state index contributed by atoms with van der Waals surface area (Å²) in [5.41, 5.74) is 5.26. The summed E-state index contributed by atoms with van der Waals surface area (Å²) >= 11 is 0. The van der Waals surface area contributed by atoms with E-state index in [9.17, 15) is 14.4 Å². The van der Waals surface area contributed by atoms with Crippen LogP contribution in [0, 0.1) is 5.92 Å². The van der Waals surface area contributed by atoms with E-state index >= 15 is 0 Å². The number of amides is 3. The molecule has 0 fully saturated rings. The lowest BCUT2D eigenvalue weighted by Crippen LogP contribution is -2.44. The highest BCUT2D eigenvalue weighted by Gasteiger charge is 2.17. The molecule has 0 aliphatic heterocycles. The molecular formula is C13H25N3O3. The van der Waals surface area contributed by atoms with Crippen LogP contribution in [0.25, 0.3) is 0 Å². The maximum absolute atomic E-state index is 11.6. The summed E-state index contributed by atoms with van der Waals surface area (Å²) in [6.45, 7) is 5.90. The van der Waals surface area contributed by atoms with Gasteiger partial charge in [0.25, 0.3) is 0 Å². The topological polar surface area (TPSA) is 101 Å². The van der Waals surface area contributed by atoms with Crippen LogP contribution in [0.4, 0.5) is 0 Å². The maximum atomic E-state index is 11.6. The van der Waals surface area contributed by atoms with Gasteiger partial charge < -0.3 is 16.4 Å². The summed E-state index contributed by atoms with van der Waals surface area (Å²) in [7, 11) is 0. The van der Waals surface area contributed by atoms with E-state index in [1.54, 1.807) is 0 Å². The average Bonchev–Trinajstić information content (AvgIpc) is 2.25. The molecule has 6 heteroatoms. The Labute approximate surface area is 114 Å². The number of unbranched alkanes of at least 4 members (excludes halogenated alkanes) is 1. The number of primary amides is 1. The number of nitrogens with two attached hydrogens (primary N) is 1. The van der Waals surface area contributed by atoms with Gasteiger partial charge in [0, 0.05) is 19.9 Å². The molecule has 0 aromatic heterocycles. The van der Waals surface area contributed by atoms with E-state index in [-0.39, 0.29) is 17.7 Å². The van der Waals surface area contributed by atoms with Crippen molar-refractivity contribution in [3.8, 4) is 0 Å². The van der Waals surface area contributed by atoms with Gasteiger partial charge in [0.05, 0.1) is 0 Å². The van der Waals surface area contributed by atoms with E-state index in [0.29, 0.717) is 19.4 Å². The van der Waals surface area contributed by atoms with Gasteiger partial charge in [-0.3, -0.25) is 14.4 Å². The fourth-order valence-corrected chi connectivity index (χ4v) is 1.65. The molecule has 19 heavy (non-hydrogen) atoms. The van der Waals surface area contributed by atoms with Crippen LogP contribution in [0.1, 0.15) is 46.5 Å². The summed E-state index contributed by atoms with van der Waals surface area (Å²) in [5.74, 6) is -0.498. The second-order valence-corrected chi connectivity index (χ2v) is 5.10. The van der Waals surface area contributed by atoms with Crippen molar-refractivity contribution in [1.82, 2.24) is 10.6 Å². The molecule has 0 radical (unpaired) electrons. The van der Waals surface area contributed by atoms with E-state index in [0.717, 1.165) is 12.8 Å². The van der Waals surface area contributed by atoms with Crippen molar-refractivity contribution >= 4 is 17.7 Å². The van der Waals surface area contributed by atoms with Crippen LogP contribution in [0.2, 0.25) is 0 Å². The molecule has 0 bridgehead atoms. The molecule has 4 N–H and O–H groups in total. The largest absolute Gasteiger partial charge is 0.368 e. The quantitative estimate of drug-likeness (QED) is 0.526. The molecular weight excluding hydrogens is 246 g/mol. The van der Waals surface area contributed by atoms with Gasteiger partial charge in [0.2, 0.25) is 17.7 Å². The SMILES string of the molecule is CC(=O)NCCCCC(NC(=O)CC(C)C)C(N)=O. The summed E-state index contributed by atoms with van der Waals surface area (Å²) < 4.78 is 0. The van der Waals surface area contributed by atoms with Crippen LogP contribution in [-0.4, -0.2) is 30.3 Å². The fraction of sp³-hybridized carbons (Fsp3) is 0.769. The van der Waals surface area contributed by atoms with Gasteiger partial charge in [-0.25, -0.2) is 0 Å². The first-order valence-corrected chi connectivity index (χ1v) is 6.66. The normalized spacial score (nSPS) is 12.0. The standard InChI is InChI=1S/C13H25N3O3/c1-9(2)8-12(18)16-11(13(14)19)6-4-5-7-15-10(3)17/h9,11H,4-8H2,1-3H3,(H2,14,19)(H,15,17)(H,16,18). The number of hydrogen-bond donors (Lipinski definition) is 3. The third-order valence-electron chi connectivity index (χ3n) is 2.57. The van der Waals surface area contributed by atoms with Gasteiger partial charge in [-0.2, -0.15) is 0 Å². The predicted molar refractivity (Wildman–Crippen MR) is 73.1 cm³/mol. The monoisotopic (exact) mass is 271 g/mol. The van der Waals surface area contributed by atoms with E-state index in [1.807, 2.05) is 13.8 Å². The Balaban J connectivity index is 3.96. The van der Waals surface area contributed by atoms with Crippen LogP contribution in [0.3, 0.4) is 0 Å². The second-order valence-electron chi connectivity index (χ2n) is 5.10. The Morgan fingerprint density at radius 3 is 2.26 bits per heavy atom. The summed E-state index contributed by atoms with van der Waals surface area (Å²) in [6, 6.07) is -0.622. The van der Waals surface area contributed by atoms with Crippen LogP contribution in [0.5, 0.6) is 0 Å². The Hall–Kier alpha value is -1.59. The first-order valence-electron chi connectivity index (χ1n) is 6.66. The number of carbonyl (C=O) groups is 3. The number of rotatable bonds is 9. The van der Waals surface area contributed by atoms with Crippen molar-refractivity contribution in [2.45, 2.75) is 52.5 Å². The first-order chi connectivity index (χ1) is 8.82. The Bertz CT molecular complexity index is 316. The zero-order valence-corrected chi connectivity index (χ0v) is 12.0. The number of hydrogen-bond acceptors (Lipinski definition) is 3. The molecule has 0 rings (SSSR count). The van der Waals surface area contributed by atoms with Crippen molar-refractivity contribution in [3.63, 3.8) is 0 Å². The highest BCUT2D eigenvalue weighted by atomic mass is 16.2. The van der Waals surface area contributed by atoms with E-state index in [4.69, 9.17) is 5.73 Å². The lowest BCUT2D eigenvalue weighted by molar-refractivity contribution is -0.128.